The lowest BCUT2D eigenvalue weighted by molar-refractivity contribution is -0.125. The van der Waals surface area contributed by atoms with Crippen molar-refractivity contribution in [2.24, 2.45) is 5.16 Å². The van der Waals surface area contributed by atoms with Gasteiger partial charge in [-0.25, -0.2) is 8.78 Å². The molecule has 0 aliphatic rings. The smallest absolute Gasteiger partial charge is 0.260 e. The first kappa shape index (κ1) is 16.6. The van der Waals surface area contributed by atoms with E-state index in [1.165, 1.54) is 30.5 Å². The third kappa shape index (κ3) is 6.25. The van der Waals surface area contributed by atoms with Gasteiger partial charge >= 0.3 is 0 Å². The molecule has 2 rings (SSSR count). The Labute approximate surface area is 132 Å². The summed E-state index contributed by atoms with van der Waals surface area (Å²) in [6.45, 7) is 0.219. The average Bonchev–Trinajstić information content (AvgIpc) is 2.55. The van der Waals surface area contributed by atoms with Gasteiger partial charge in [-0.15, -0.1) is 0 Å². The van der Waals surface area contributed by atoms with Crippen LogP contribution < -0.4 is 5.32 Å². The first-order chi connectivity index (χ1) is 11.1. The summed E-state index contributed by atoms with van der Waals surface area (Å²) in [6.07, 6.45) is 2.00. The van der Waals surface area contributed by atoms with Gasteiger partial charge in [-0.05, 0) is 41.8 Å². The zero-order valence-electron chi connectivity index (χ0n) is 12.3. The van der Waals surface area contributed by atoms with Gasteiger partial charge in [0.25, 0.3) is 5.91 Å². The number of amides is 1. The molecule has 0 aliphatic carbocycles. The summed E-state index contributed by atoms with van der Waals surface area (Å²) in [5.41, 5.74) is 1.60. The second-order valence-corrected chi connectivity index (χ2v) is 4.79. The van der Waals surface area contributed by atoms with Gasteiger partial charge in [0.05, 0.1) is 6.21 Å². The van der Waals surface area contributed by atoms with Crippen LogP contribution in [0.1, 0.15) is 11.1 Å². The van der Waals surface area contributed by atoms with Crippen molar-refractivity contribution in [3.8, 4) is 0 Å². The molecule has 120 valence electrons. The highest BCUT2D eigenvalue weighted by Crippen LogP contribution is 2.02. The van der Waals surface area contributed by atoms with Crippen molar-refractivity contribution in [3.05, 3.63) is 71.3 Å². The van der Waals surface area contributed by atoms with Crippen molar-refractivity contribution in [1.82, 2.24) is 5.32 Å². The number of carbonyl (C=O) groups is 1. The molecule has 0 bridgehead atoms. The van der Waals surface area contributed by atoms with Crippen molar-refractivity contribution in [2.75, 3.05) is 13.2 Å². The van der Waals surface area contributed by atoms with Gasteiger partial charge in [-0.3, -0.25) is 4.79 Å². The number of benzene rings is 2. The number of oxime groups is 1. The number of nitrogens with one attached hydrogen (secondary N) is 1. The van der Waals surface area contributed by atoms with Gasteiger partial charge < -0.3 is 10.2 Å². The quantitative estimate of drug-likeness (QED) is 0.630. The van der Waals surface area contributed by atoms with E-state index in [2.05, 4.69) is 10.5 Å². The number of rotatable bonds is 7. The largest absolute Gasteiger partial charge is 0.386 e. The molecular weight excluding hydrogens is 302 g/mol. The summed E-state index contributed by atoms with van der Waals surface area (Å²) < 4.78 is 25.4. The van der Waals surface area contributed by atoms with Crippen LogP contribution in [0.3, 0.4) is 0 Å². The van der Waals surface area contributed by atoms with E-state index < -0.39 is 0 Å². The predicted octanol–water partition coefficient (Wildman–Crippen LogP) is 2.67. The first-order valence-corrected chi connectivity index (χ1v) is 7.05. The highest BCUT2D eigenvalue weighted by Gasteiger charge is 2.01. The summed E-state index contributed by atoms with van der Waals surface area (Å²) in [4.78, 5) is 16.4. The SMILES string of the molecule is O=C(CO/N=C/c1ccc(F)cc1)NCCc1ccc(F)cc1. The molecule has 1 amide bonds. The molecular formula is C17H16F2N2O2. The zero-order valence-corrected chi connectivity index (χ0v) is 12.3. The van der Waals surface area contributed by atoms with Crippen LogP contribution in [0.2, 0.25) is 0 Å². The third-order valence-corrected chi connectivity index (χ3v) is 2.99. The van der Waals surface area contributed by atoms with Gasteiger partial charge in [-0.2, -0.15) is 0 Å². The zero-order chi connectivity index (χ0) is 16.5. The first-order valence-electron chi connectivity index (χ1n) is 7.05. The molecule has 2 aromatic rings. The standard InChI is InChI=1S/C17H16F2N2O2/c18-15-5-1-13(2-6-15)9-10-20-17(22)12-23-21-11-14-3-7-16(19)8-4-14/h1-8,11H,9-10,12H2,(H,20,22)/b21-11+. The Hall–Kier alpha value is -2.76. The Balaban J connectivity index is 1.63. The summed E-state index contributed by atoms with van der Waals surface area (Å²) in [6, 6.07) is 11.8. The van der Waals surface area contributed by atoms with E-state index in [0.29, 0.717) is 18.5 Å². The van der Waals surface area contributed by atoms with Gasteiger partial charge in [-0.1, -0.05) is 29.4 Å². The predicted molar refractivity (Wildman–Crippen MR) is 83.1 cm³/mol. The number of carbonyl (C=O) groups excluding carboxylic acids is 1. The molecule has 0 atom stereocenters. The van der Waals surface area contributed by atoms with Crippen LogP contribution in [-0.4, -0.2) is 25.3 Å². The molecule has 0 heterocycles. The molecule has 6 heteroatoms. The molecule has 0 radical (unpaired) electrons. The number of hydrogen-bond donors (Lipinski definition) is 1. The Morgan fingerprint density at radius 3 is 2.30 bits per heavy atom. The minimum absolute atomic E-state index is 0.207. The Morgan fingerprint density at radius 1 is 1.04 bits per heavy atom. The van der Waals surface area contributed by atoms with Gasteiger partial charge in [0.1, 0.15) is 11.6 Å². The van der Waals surface area contributed by atoms with Gasteiger partial charge in [0.15, 0.2) is 6.61 Å². The topological polar surface area (TPSA) is 50.7 Å². The summed E-state index contributed by atoms with van der Waals surface area (Å²) in [7, 11) is 0. The van der Waals surface area contributed by atoms with Crippen LogP contribution in [0.4, 0.5) is 8.78 Å². The highest BCUT2D eigenvalue weighted by molar-refractivity contribution is 5.79. The Kier molecular flexibility index (Phi) is 6.23. The molecule has 0 aliphatic heterocycles. The van der Waals surface area contributed by atoms with Gasteiger partial charge in [0.2, 0.25) is 0 Å². The maximum atomic E-state index is 12.7. The van der Waals surface area contributed by atoms with Crippen LogP contribution in [0.5, 0.6) is 0 Å². The van der Waals surface area contributed by atoms with Crippen LogP contribution in [0.15, 0.2) is 53.7 Å². The van der Waals surface area contributed by atoms with Crippen molar-refractivity contribution in [2.45, 2.75) is 6.42 Å². The molecule has 0 saturated heterocycles. The van der Waals surface area contributed by atoms with Crippen LogP contribution >= 0.6 is 0 Å². The Bertz CT molecular complexity index is 655. The van der Waals surface area contributed by atoms with E-state index >= 15 is 0 Å². The maximum absolute atomic E-state index is 12.7. The lowest BCUT2D eigenvalue weighted by atomic mass is 10.1. The lowest BCUT2D eigenvalue weighted by Crippen LogP contribution is -2.28. The second-order valence-electron chi connectivity index (χ2n) is 4.79. The Morgan fingerprint density at radius 2 is 1.65 bits per heavy atom. The van der Waals surface area contributed by atoms with E-state index in [1.807, 2.05) is 0 Å². The van der Waals surface area contributed by atoms with Crippen LogP contribution in [0.25, 0.3) is 0 Å². The number of halogens is 2. The van der Waals surface area contributed by atoms with Crippen LogP contribution in [-0.2, 0) is 16.1 Å². The normalized spacial score (nSPS) is 10.7. The molecule has 2 aromatic carbocycles. The molecule has 0 aromatic heterocycles. The van der Waals surface area contributed by atoms with Gasteiger partial charge in [0, 0.05) is 6.54 Å². The van der Waals surface area contributed by atoms with E-state index in [1.54, 1.807) is 24.3 Å². The minimum Gasteiger partial charge on any atom is -0.386 e. The summed E-state index contributed by atoms with van der Waals surface area (Å²) in [5, 5.41) is 6.31. The third-order valence-electron chi connectivity index (χ3n) is 2.99. The lowest BCUT2D eigenvalue weighted by Gasteiger charge is -2.04. The van der Waals surface area contributed by atoms with E-state index in [9.17, 15) is 13.6 Å². The van der Waals surface area contributed by atoms with E-state index in [4.69, 9.17) is 4.84 Å². The molecule has 23 heavy (non-hydrogen) atoms. The van der Waals surface area contributed by atoms with Crippen molar-refractivity contribution in [3.63, 3.8) is 0 Å². The summed E-state index contributed by atoms with van der Waals surface area (Å²) in [5.74, 6) is -0.919. The monoisotopic (exact) mass is 318 g/mol. The minimum atomic E-state index is -0.330. The fourth-order valence-electron chi connectivity index (χ4n) is 1.79. The van der Waals surface area contributed by atoms with E-state index in [-0.39, 0.29) is 24.1 Å². The van der Waals surface area contributed by atoms with Crippen molar-refractivity contribution < 1.29 is 18.4 Å². The van der Waals surface area contributed by atoms with Crippen LogP contribution in [0, 0.1) is 11.6 Å². The molecule has 0 unspecified atom stereocenters. The number of hydrogen-bond acceptors (Lipinski definition) is 3. The van der Waals surface area contributed by atoms with Crippen molar-refractivity contribution >= 4 is 12.1 Å². The number of nitrogens with zero attached hydrogens (tertiary/aromatic N) is 1. The highest BCUT2D eigenvalue weighted by atomic mass is 19.1. The average molecular weight is 318 g/mol. The fraction of sp³-hybridized carbons (Fsp3) is 0.176. The fourth-order valence-corrected chi connectivity index (χ4v) is 1.79. The molecule has 4 nitrogen and oxygen atoms in total. The molecule has 0 fully saturated rings. The molecule has 1 N–H and O–H groups in total. The second kappa shape index (κ2) is 8.63. The molecule has 0 saturated carbocycles. The maximum Gasteiger partial charge on any atom is 0.260 e. The van der Waals surface area contributed by atoms with Crippen molar-refractivity contribution in [1.29, 1.82) is 0 Å². The van der Waals surface area contributed by atoms with E-state index in [0.717, 1.165) is 5.56 Å². The summed E-state index contributed by atoms with van der Waals surface area (Å²) >= 11 is 0. The molecule has 0 spiro atoms.